The highest BCUT2D eigenvalue weighted by molar-refractivity contribution is 6.07. The van der Waals surface area contributed by atoms with E-state index in [0.717, 1.165) is 16.0 Å². The van der Waals surface area contributed by atoms with Crippen LogP contribution in [-0.4, -0.2) is 34.6 Å². The van der Waals surface area contributed by atoms with Crippen molar-refractivity contribution in [3.8, 4) is 0 Å². The van der Waals surface area contributed by atoms with Crippen LogP contribution in [0.25, 0.3) is 10.9 Å². The molecule has 1 aromatic carbocycles. The number of hydrogen-bond donors (Lipinski definition) is 0. The second kappa shape index (κ2) is 5.76. The van der Waals surface area contributed by atoms with Crippen LogP contribution >= 0.6 is 0 Å². The van der Waals surface area contributed by atoms with Gasteiger partial charge >= 0.3 is 6.18 Å². The molecule has 3 rings (SSSR count). The number of hydrogen-bond acceptors (Lipinski definition) is 2. The standard InChI is InChI=1S/C18H19F3N2O/c1-10-7-11(2)16-13(8-10)14(9-12(3)22-16)17(24)23-6-4-5-15(23)18(19,20)21/h7-9,15H,4-6H2,1-3H3/t15-/m1/s1. The highest BCUT2D eigenvalue weighted by Crippen LogP contribution is 2.34. The van der Waals surface area contributed by atoms with Gasteiger partial charge in [0.1, 0.15) is 6.04 Å². The quantitative estimate of drug-likeness (QED) is 0.777. The van der Waals surface area contributed by atoms with E-state index in [4.69, 9.17) is 0 Å². The smallest absolute Gasteiger partial charge is 0.327 e. The minimum atomic E-state index is -4.39. The van der Waals surface area contributed by atoms with Gasteiger partial charge < -0.3 is 4.90 Å². The van der Waals surface area contributed by atoms with Gasteiger partial charge in [0.15, 0.2) is 0 Å². The number of rotatable bonds is 1. The van der Waals surface area contributed by atoms with E-state index in [0.29, 0.717) is 28.6 Å². The van der Waals surface area contributed by atoms with Gasteiger partial charge in [0.25, 0.3) is 5.91 Å². The largest absolute Gasteiger partial charge is 0.408 e. The van der Waals surface area contributed by atoms with Crippen molar-refractivity contribution < 1.29 is 18.0 Å². The summed E-state index contributed by atoms with van der Waals surface area (Å²) in [6.07, 6.45) is -4.05. The first-order chi connectivity index (χ1) is 11.2. The molecule has 0 unspecified atom stereocenters. The molecule has 3 nitrogen and oxygen atoms in total. The Balaban J connectivity index is 2.13. The molecular weight excluding hydrogens is 317 g/mol. The number of likely N-dealkylation sites (tertiary alicyclic amines) is 1. The first kappa shape index (κ1) is 16.7. The predicted octanol–water partition coefficient (Wildman–Crippen LogP) is 4.33. The SMILES string of the molecule is Cc1cc(C)c2nc(C)cc(C(=O)N3CCC[C@@H]3C(F)(F)F)c2c1. The zero-order valence-electron chi connectivity index (χ0n) is 13.9. The number of pyridine rings is 1. The van der Waals surface area contributed by atoms with Crippen LogP contribution in [-0.2, 0) is 0 Å². The molecule has 1 aromatic heterocycles. The summed E-state index contributed by atoms with van der Waals surface area (Å²) in [5.41, 5.74) is 3.47. The molecule has 0 saturated carbocycles. The van der Waals surface area contributed by atoms with E-state index in [1.165, 1.54) is 0 Å². The zero-order valence-corrected chi connectivity index (χ0v) is 13.9. The summed E-state index contributed by atoms with van der Waals surface area (Å²) >= 11 is 0. The second-order valence-electron chi connectivity index (χ2n) is 6.49. The Morgan fingerprint density at radius 2 is 1.92 bits per heavy atom. The van der Waals surface area contributed by atoms with Gasteiger partial charge in [-0.05, 0) is 51.3 Å². The number of carbonyl (C=O) groups excluding carboxylic acids is 1. The van der Waals surface area contributed by atoms with Crippen molar-refractivity contribution in [1.82, 2.24) is 9.88 Å². The number of aromatic nitrogens is 1. The minimum Gasteiger partial charge on any atom is -0.327 e. The molecule has 0 spiro atoms. The van der Waals surface area contributed by atoms with Crippen molar-refractivity contribution in [2.24, 2.45) is 0 Å². The van der Waals surface area contributed by atoms with Gasteiger partial charge in [-0.25, -0.2) is 0 Å². The molecule has 2 heterocycles. The summed E-state index contributed by atoms with van der Waals surface area (Å²) in [4.78, 5) is 18.3. The maximum Gasteiger partial charge on any atom is 0.408 e. The van der Waals surface area contributed by atoms with Crippen molar-refractivity contribution in [1.29, 1.82) is 0 Å². The Kier molecular flexibility index (Phi) is 4.01. The average Bonchev–Trinajstić information content (AvgIpc) is 2.96. The van der Waals surface area contributed by atoms with Gasteiger partial charge in [0.05, 0.1) is 11.1 Å². The molecule has 1 aliphatic rings. The van der Waals surface area contributed by atoms with E-state index in [1.807, 2.05) is 26.0 Å². The van der Waals surface area contributed by atoms with Crippen LogP contribution < -0.4 is 0 Å². The van der Waals surface area contributed by atoms with Crippen LogP contribution in [0.4, 0.5) is 13.2 Å². The third-order valence-electron chi connectivity index (χ3n) is 4.50. The van der Waals surface area contributed by atoms with E-state index in [2.05, 4.69) is 4.98 Å². The summed E-state index contributed by atoms with van der Waals surface area (Å²) < 4.78 is 39.6. The van der Waals surface area contributed by atoms with Crippen LogP contribution in [0.1, 0.15) is 40.0 Å². The van der Waals surface area contributed by atoms with Crippen LogP contribution in [0, 0.1) is 20.8 Å². The average molecular weight is 336 g/mol. The van der Waals surface area contributed by atoms with Crippen LogP contribution in [0.5, 0.6) is 0 Å². The summed E-state index contributed by atoms with van der Waals surface area (Å²) in [7, 11) is 0. The monoisotopic (exact) mass is 336 g/mol. The Morgan fingerprint density at radius 1 is 1.21 bits per heavy atom. The number of nitrogens with zero attached hydrogens (tertiary/aromatic N) is 2. The highest BCUT2D eigenvalue weighted by atomic mass is 19.4. The number of benzene rings is 1. The molecule has 0 bridgehead atoms. The lowest BCUT2D eigenvalue weighted by Crippen LogP contribution is -2.44. The van der Waals surface area contributed by atoms with E-state index in [9.17, 15) is 18.0 Å². The molecule has 0 radical (unpaired) electrons. The first-order valence-electron chi connectivity index (χ1n) is 7.95. The fraction of sp³-hybridized carbons (Fsp3) is 0.444. The number of alkyl halides is 3. The minimum absolute atomic E-state index is 0.0324. The molecule has 1 fully saturated rings. The highest BCUT2D eigenvalue weighted by Gasteiger charge is 2.48. The third-order valence-corrected chi connectivity index (χ3v) is 4.50. The van der Waals surface area contributed by atoms with E-state index >= 15 is 0 Å². The van der Waals surface area contributed by atoms with Crippen LogP contribution in [0.15, 0.2) is 18.2 Å². The topological polar surface area (TPSA) is 33.2 Å². The molecule has 128 valence electrons. The van der Waals surface area contributed by atoms with Gasteiger partial charge in [0, 0.05) is 17.6 Å². The van der Waals surface area contributed by atoms with Crippen molar-refractivity contribution in [3.63, 3.8) is 0 Å². The summed E-state index contributed by atoms with van der Waals surface area (Å²) in [5.74, 6) is -0.560. The first-order valence-corrected chi connectivity index (χ1v) is 7.95. The van der Waals surface area contributed by atoms with Gasteiger partial charge in [-0.2, -0.15) is 13.2 Å². The van der Waals surface area contributed by atoms with Crippen molar-refractivity contribution in [2.75, 3.05) is 6.54 Å². The van der Waals surface area contributed by atoms with E-state index in [-0.39, 0.29) is 13.0 Å². The molecular formula is C18H19F3N2O. The number of aryl methyl sites for hydroxylation is 3. The lowest BCUT2D eigenvalue weighted by atomic mass is 10.0. The van der Waals surface area contributed by atoms with Gasteiger partial charge in [-0.3, -0.25) is 9.78 Å². The third kappa shape index (κ3) is 2.85. The molecule has 2 aromatic rings. The fourth-order valence-corrected chi connectivity index (χ4v) is 3.49. The van der Waals surface area contributed by atoms with Crippen LogP contribution in [0.3, 0.4) is 0 Å². The lowest BCUT2D eigenvalue weighted by molar-refractivity contribution is -0.169. The van der Waals surface area contributed by atoms with Crippen molar-refractivity contribution >= 4 is 16.8 Å². The van der Waals surface area contributed by atoms with Gasteiger partial charge in [-0.1, -0.05) is 11.6 Å². The van der Waals surface area contributed by atoms with Gasteiger partial charge in [-0.15, -0.1) is 0 Å². The number of fused-ring (bicyclic) bond motifs is 1. The van der Waals surface area contributed by atoms with Crippen molar-refractivity contribution in [2.45, 2.75) is 45.8 Å². The molecule has 0 N–H and O–H groups in total. The summed E-state index contributed by atoms with van der Waals surface area (Å²) in [6.45, 7) is 5.68. The Bertz CT molecular complexity index is 814. The molecule has 1 aliphatic heterocycles. The number of halogens is 3. The fourth-order valence-electron chi connectivity index (χ4n) is 3.49. The molecule has 1 amide bonds. The molecule has 1 saturated heterocycles. The Labute approximate surface area is 138 Å². The summed E-state index contributed by atoms with van der Waals surface area (Å²) in [6, 6.07) is 3.67. The maximum absolute atomic E-state index is 13.2. The summed E-state index contributed by atoms with van der Waals surface area (Å²) in [5, 5.41) is 0.621. The molecule has 0 aliphatic carbocycles. The molecule has 1 atom stereocenters. The number of amides is 1. The lowest BCUT2D eigenvalue weighted by Gasteiger charge is -2.27. The number of carbonyl (C=O) groups is 1. The zero-order chi connectivity index (χ0) is 17.6. The van der Waals surface area contributed by atoms with Crippen molar-refractivity contribution in [3.05, 3.63) is 40.6 Å². The van der Waals surface area contributed by atoms with E-state index < -0.39 is 18.1 Å². The Morgan fingerprint density at radius 3 is 2.58 bits per heavy atom. The van der Waals surface area contributed by atoms with Crippen LogP contribution in [0.2, 0.25) is 0 Å². The normalized spacial score (nSPS) is 18.4. The Hall–Kier alpha value is -2.11. The second-order valence-corrected chi connectivity index (χ2v) is 6.49. The predicted molar refractivity (Wildman–Crippen MR) is 86.1 cm³/mol. The van der Waals surface area contributed by atoms with E-state index in [1.54, 1.807) is 13.0 Å². The molecule has 6 heteroatoms. The van der Waals surface area contributed by atoms with Gasteiger partial charge in [0.2, 0.25) is 0 Å². The maximum atomic E-state index is 13.2. The molecule has 24 heavy (non-hydrogen) atoms.